The number of carbonyl (C=O) groups excluding carboxylic acids is 2. The number of amides is 2. The molecule has 2 aromatic rings. The van der Waals surface area contributed by atoms with E-state index in [9.17, 15) is 9.59 Å². The van der Waals surface area contributed by atoms with Gasteiger partial charge in [0, 0.05) is 24.0 Å². The number of aromatic nitrogens is 1. The largest absolute Gasteiger partial charge is 0.490 e. The molecule has 2 N–H and O–H groups in total. The fraction of sp³-hybridized carbons (Fsp3) is 0.240. The number of hydrogen-bond acceptors (Lipinski definition) is 4. The van der Waals surface area contributed by atoms with Crippen LogP contribution in [0.4, 0.5) is 0 Å². The molecule has 6 nitrogen and oxygen atoms in total. The van der Waals surface area contributed by atoms with E-state index in [2.05, 4.69) is 48.8 Å². The molecular weight excluding hydrogens is 390 g/mol. The number of nitrogens with zero attached hydrogens (tertiary/aromatic N) is 1. The summed E-state index contributed by atoms with van der Waals surface area (Å²) >= 11 is 0. The molecular formula is C25H29N3O3. The zero-order valence-corrected chi connectivity index (χ0v) is 18.2. The van der Waals surface area contributed by atoms with Gasteiger partial charge in [-0.05, 0) is 75.6 Å². The summed E-state index contributed by atoms with van der Waals surface area (Å²) in [5.74, 6) is -0.0806. The van der Waals surface area contributed by atoms with Gasteiger partial charge in [0.15, 0.2) is 0 Å². The van der Waals surface area contributed by atoms with E-state index in [0.29, 0.717) is 12.2 Å². The van der Waals surface area contributed by atoms with Crippen molar-refractivity contribution in [3.05, 3.63) is 89.3 Å². The Morgan fingerprint density at radius 2 is 1.68 bits per heavy atom. The van der Waals surface area contributed by atoms with Gasteiger partial charge in [0.05, 0.1) is 0 Å². The first-order valence-corrected chi connectivity index (χ1v) is 10.1. The van der Waals surface area contributed by atoms with Gasteiger partial charge in [0.2, 0.25) is 0 Å². The van der Waals surface area contributed by atoms with Crippen LogP contribution in [-0.2, 0) is 4.79 Å². The lowest BCUT2D eigenvalue weighted by molar-refractivity contribution is -0.117. The van der Waals surface area contributed by atoms with Crippen LogP contribution < -0.4 is 15.6 Å². The van der Waals surface area contributed by atoms with Crippen LogP contribution in [0.3, 0.4) is 0 Å². The normalized spacial score (nSPS) is 11.1. The van der Waals surface area contributed by atoms with Crippen LogP contribution in [0.1, 0.15) is 49.5 Å². The predicted molar refractivity (Wildman–Crippen MR) is 123 cm³/mol. The van der Waals surface area contributed by atoms with Crippen molar-refractivity contribution in [2.45, 2.75) is 33.6 Å². The molecule has 0 atom stereocenters. The summed E-state index contributed by atoms with van der Waals surface area (Å²) in [7, 11) is 0. The molecule has 0 fully saturated rings. The topological polar surface area (TPSA) is 80.3 Å². The van der Waals surface area contributed by atoms with E-state index in [4.69, 9.17) is 4.74 Å². The minimum Gasteiger partial charge on any atom is -0.490 e. The zero-order valence-electron chi connectivity index (χ0n) is 18.2. The molecule has 6 heteroatoms. The van der Waals surface area contributed by atoms with Crippen LogP contribution in [0.15, 0.2) is 78.2 Å². The van der Waals surface area contributed by atoms with E-state index in [1.807, 2.05) is 24.3 Å². The van der Waals surface area contributed by atoms with Gasteiger partial charge in [0.1, 0.15) is 12.4 Å². The highest BCUT2D eigenvalue weighted by Gasteiger charge is 2.04. The van der Waals surface area contributed by atoms with Gasteiger partial charge in [-0.25, -0.2) is 0 Å². The molecule has 0 radical (unpaired) electrons. The molecule has 1 aromatic carbocycles. The van der Waals surface area contributed by atoms with E-state index in [0.717, 1.165) is 24.2 Å². The number of allylic oxidation sites excluding steroid dienone is 3. The maximum Gasteiger partial charge on any atom is 0.269 e. The second-order valence-corrected chi connectivity index (χ2v) is 7.26. The van der Waals surface area contributed by atoms with Gasteiger partial charge >= 0.3 is 0 Å². The minimum absolute atomic E-state index is 0.410. The van der Waals surface area contributed by atoms with Crippen LogP contribution in [0.25, 0.3) is 6.08 Å². The van der Waals surface area contributed by atoms with Crippen molar-refractivity contribution in [1.29, 1.82) is 0 Å². The lowest BCUT2D eigenvalue weighted by Crippen LogP contribution is -2.40. The van der Waals surface area contributed by atoms with Crippen LogP contribution >= 0.6 is 0 Å². The zero-order chi connectivity index (χ0) is 22.5. The van der Waals surface area contributed by atoms with Crippen molar-refractivity contribution < 1.29 is 14.3 Å². The van der Waals surface area contributed by atoms with Gasteiger partial charge in [-0.2, -0.15) is 0 Å². The molecule has 31 heavy (non-hydrogen) atoms. The van der Waals surface area contributed by atoms with E-state index in [-0.39, 0.29) is 0 Å². The predicted octanol–water partition coefficient (Wildman–Crippen LogP) is 4.63. The summed E-state index contributed by atoms with van der Waals surface area (Å²) in [6.45, 7) is 6.85. The second-order valence-electron chi connectivity index (χ2n) is 7.26. The van der Waals surface area contributed by atoms with E-state index in [1.165, 1.54) is 29.6 Å². The van der Waals surface area contributed by atoms with Crippen molar-refractivity contribution in [1.82, 2.24) is 15.8 Å². The monoisotopic (exact) mass is 419 g/mol. The molecule has 0 aliphatic heterocycles. The lowest BCUT2D eigenvalue weighted by atomic mass is 10.1. The van der Waals surface area contributed by atoms with E-state index >= 15 is 0 Å². The molecule has 1 heterocycles. The Morgan fingerprint density at radius 1 is 0.968 bits per heavy atom. The number of ether oxygens (including phenoxy) is 1. The molecule has 1 aromatic heterocycles. The van der Waals surface area contributed by atoms with Gasteiger partial charge in [-0.3, -0.25) is 25.4 Å². The van der Waals surface area contributed by atoms with Gasteiger partial charge in [-0.15, -0.1) is 0 Å². The second kappa shape index (κ2) is 12.8. The Morgan fingerprint density at radius 3 is 2.35 bits per heavy atom. The van der Waals surface area contributed by atoms with Crippen molar-refractivity contribution in [3.8, 4) is 5.75 Å². The first-order valence-electron chi connectivity index (χ1n) is 10.1. The van der Waals surface area contributed by atoms with Gasteiger partial charge in [0.25, 0.3) is 11.8 Å². The number of benzene rings is 1. The maximum absolute atomic E-state index is 11.9. The van der Waals surface area contributed by atoms with Crippen molar-refractivity contribution in [2.75, 3.05) is 6.61 Å². The van der Waals surface area contributed by atoms with Crippen molar-refractivity contribution in [3.63, 3.8) is 0 Å². The number of nitrogens with one attached hydrogen (secondary N) is 2. The van der Waals surface area contributed by atoms with Crippen molar-refractivity contribution >= 4 is 17.9 Å². The Kier molecular flexibility index (Phi) is 9.75. The summed E-state index contributed by atoms with van der Waals surface area (Å²) < 4.78 is 5.74. The van der Waals surface area contributed by atoms with E-state index in [1.54, 1.807) is 18.2 Å². The Bertz CT molecular complexity index is 942. The average molecular weight is 420 g/mol. The van der Waals surface area contributed by atoms with Crippen LogP contribution in [0.2, 0.25) is 0 Å². The fourth-order valence-corrected chi connectivity index (χ4v) is 2.55. The summed E-state index contributed by atoms with van der Waals surface area (Å²) in [4.78, 5) is 27.6. The third-order valence-corrected chi connectivity index (χ3v) is 4.32. The molecule has 0 unspecified atom stereocenters. The van der Waals surface area contributed by atoms with Gasteiger partial charge in [-0.1, -0.05) is 29.4 Å². The number of rotatable bonds is 9. The molecule has 162 valence electrons. The number of hydrazine groups is 1. The molecule has 0 aliphatic carbocycles. The van der Waals surface area contributed by atoms with Crippen LogP contribution in [0, 0.1) is 0 Å². The summed E-state index contributed by atoms with van der Waals surface area (Å²) in [5.41, 5.74) is 8.59. The fourth-order valence-electron chi connectivity index (χ4n) is 2.55. The first kappa shape index (κ1) is 23.6. The number of pyridine rings is 1. The highest BCUT2D eigenvalue weighted by Crippen LogP contribution is 2.14. The molecule has 2 rings (SSSR count). The minimum atomic E-state index is -0.434. The van der Waals surface area contributed by atoms with Crippen LogP contribution in [0.5, 0.6) is 5.75 Å². The third kappa shape index (κ3) is 9.58. The molecule has 0 bridgehead atoms. The molecule has 0 spiro atoms. The highest BCUT2D eigenvalue weighted by atomic mass is 16.5. The maximum atomic E-state index is 11.9. The van der Waals surface area contributed by atoms with Crippen molar-refractivity contribution in [2.24, 2.45) is 0 Å². The number of carbonyl (C=O) groups is 2. The first-order chi connectivity index (χ1) is 14.9. The quantitative estimate of drug-likeness (QED) is 0.353. The molecule has 0 aliphatic rings. The number of hydrogen-bond donors (Lipinski definition) is 2. The Hall–Kier alpha value is -3.67. The smallest absolute Gasteiger partial charge is 0.269 e. The van der Waals surface area contributed by atoms with Crippen LogP contribution in [-0.4, -0.2) is 23.4 Å². The summed E-state index contributed by atoms with van der Waals surface area (Å²) in [6.07, 6.45) is 12.4. The third-order valence-electron chi connectivity index (χ3n) is 4.32. The van der Waals surface area contributed by atoms with Gasteiger partial charge < -0.3 is 4.74 Å². The highest BCUT2D eigenvalue weighted by molar-refractivity contribution is 5.97. The lowest BCUT2D eigenvalue weighted by Gasteiger charge is -2.05. The molecule has 0 saturated carbocycles. The molecule has 0 saturated heterocycles. The Balaban J connectivity index is 1.74. The van der Waals surface area contributed by atoms with E-state index < -0.39 is 11.8 Å². The average Bonchev–Trinajstić information content (AvgIpc) is 2.77. The standard InChI is InChI=1S/C25H29N3O3/c1-19(2)5-4-6-20(3)15-18-31-23-10-7-21(8-11-23)9-12-24(29)27-28-25(30)22-13-16-26-17-14-22/h5,7-17H,4,6,18H2,1-3H3,(H,27,29)(H,28,30)/b12-9+,20-15+. The SMILES string of the molecule is CC(C)=CCC/C(C)=C/COc1ccc(/C=C/C(=O)NNC(=O)c2ccncc2)cc1. The summed E-state index contributed by atoms with van der Waals surface area (Å²) in [6, 6.07) is 10.6. The summed E-state index contributed by atoms with van der Waals surface area (Å²) in [5, 5.41) is 0. The Labute approximate surface area is 183 Å². The molecule has 2 amide bonds.